The first-order valence-electron chi connectivity index (χ1n) is 12.8. The standard InChI is InChI=1S/C25H35FN4S2.C3H8/c1-6-8-17(3)21(13-20(26)7-2)23(27-5)22-16-32-25(29-22)24-28-14-18(4)30(24)15-19-9-11-31-12-10-19;1-3-2/h7,13-14,16,19,23,27H,2,6,8-12,15H2,1,3-5H3;3H2,1-2H3/b20-13+,21-17-;. The molecule has 0 saturated carbocycles. The summed E-state index contributed by atoms with van der Waals surface area (Å²) in [6.45, 7) is 15.1. The molecule has 1 atom stereocenters. The Morgan fingerprint density at radius 3 is 2.60 bits per heavy atom. The van der Waals surface area contributed by atoms with E-state index in [4.69, 9.17) is 9.97 Å². The number of halogens is 1. The maximum absolute atomic E-state index is 14.2. The Labute approximate surface area is 220 Å². The van der Waals surface area contributed by atoms with E-state index < -0.39 is 0 Å². The number of thiazole rings is 1. The van der Waals surface area contributed by atoms with Crippen molar-refractivity contribution in [2.75, 3.05) is 18.6 Å². The normalized spacial score (nSPS) is 16.4. The third-order valence-corrected chi connectivity index (χ3v) is 7.96. The fourth-order valence-corrected chi connectivity index (χ4v) is 6.26. The number of aryl methyl sites for hydroxylation is 1. The molecule has 1 N–H and O–H groups in total. The van der Waals surface area contributed by atoms with Crippen LogP contribution in [-0.2, 0) is 6.54 Å². The Hall–Kier alpha value is -1.70. The maximum Gasteiger partial charge on any atom is 0.169 e. The van der Waals surface area contributed by atoms with E-state index in [1.807, 2.05) is 13.2 Å². The van der Waals surface area contributed by atoms with E-state index in [1.165, 1.54) is 42.5 Å². The van der Waals surface area contributed by atoms with Crippen LogP contribution in [0.1, 0.15) is 77.2 Å². The summed E-state index contributed by atoms with van der Waals surface area (Å²) in [5.41, 5.74) is 4.15. The highest BCUT2D eigenvalue weighted by Gasteiger charge is 2.23. The van der Waals surface area contributed by atoms with Gasteiger partial charge in [-0.15, -0.1) is 11.3 Å². The Kier molecular flexibility index (Phi) is 13.0. The Morgan fingerprint density at radius 1 is 1.31 bits per heavy atom. The first kappa shape index (κ1) is 29.5. The molecule has 0 radical (unpaired) electrons. The SMILES string of the molecule is C=C/C(F)=C\C(=C(/C)CCC)C(NC)c1csc(-c2ncc(C)n2CC2CCSCC2)n1.CCC. The fourth-order valence-electron chi connectivity index (χ4n) is 4.21. The van der Waals surface area contributed by atoms with Crippen molar-refractivity contribution in [3.8, 4) is 10.8 Å². The van der Waals surface area contributed by atoms with Crippen LogP contribution < -0.4 is 5.32 Å². The molecule has 0 aliphatic carbocycles. The predicted octanol–water partition coefficient (Wildman–Crippen LogP) is 8.29. The highest BCUT2D eigenvalue weighted by atomic mass is 32.2. The van der Waals surface area contributed by atoms with Gasteiger partial charge in [-0.25, -0.2) is 14.4 Å². The van der Waals surface area contributed by atoms with Crippen molar-refractivity contribution in [1.82, 2.24) is 19.9 Å². The number of nitrogens with zero attached hydrogens (tertiary/aromatic N) is 3. The number of allylic oxidation sites excluding steroid dienone is 3. The van der Waals surface area contributed by atoms with Crippen LogP contribution in [0.5, 0.6) is 0 Å². The van der Waals surface area contributed by atoms with Gasteiger partial charge in [-0.1, -0.05) is 45.8 Å². The molecule has 2 aromatic heterocycles. The van der Waals surface area contributed by atoms with E-state index in [2.05, 4.69) is 68.2 Å². The second kappa shape index (κ2) is 15.4. The third-order valence-electron chi connectivity index (χ3n) is 6.05. The summed E-state index contributed by atoms with van der Waals surface area (Å²) in [5.74, 6) is 3.81. The molecule has 194 valence electrons. The van der Waals surface area contributed by atoms with Gasteiger partial charge in [0.25, 0.3) is 0 Å². The smallest absolute Gasteiger partial charge is 0.169 e. The molecule has 1 aliphatic heterocycles. The monoisotopic (exact) mass is 518 g/mol. The molecule has 1 fully saturated rings. The van der Waals surface area contributed by atoms with Gasteiger partial charge in [0.1, 0.15) is 5.83 Å². The van der Waals surface area contributed by atoms with Gasteiger partial charge >= 0.3 is 0 Å². The average molecular weight is 519 g/mol. The molecule has 7 heteroatoms. The number of thioether (sulfide) groups is 1. The van der Waals surface area contributed by atoms with E-state index in [1.54, 1.807) is 17.4 Å². The summed E-state index contributed by atoms with van der Waals surface area (Å²) in [5, 5.41) is 6.34. The van der Waals surface area contributed by atoms with E-state index in [0.29, 0.717) is 5.92 Å². The van der Waals surface area contributed by atoms with Crippen LogP contribution in [-0.4, -0.2) is 33.1 Å². The predicted molar refractivity (Wildman–Crippen MR) is 153 cm³/mol. The molecule has 1 saturated heterocycles. The lowest BCUT2D eigenvalue weighted by atomic mass is 9.96. The van der Waals surface area contributed by atoms with Crippen LogP contribution in [0.4, 0.5) is 4.39 Å². The van der Waals surface area contributed by atoms with Crippen LogP contribution in [0.25, 0.3) is 10.8 Å². The molecule has 1 unspecified atom stereocenters. The lowest BCUT2D eigenvalue weighted by Gasteiger charge is -2.23. The maximum atomic E-state index is 14.2. The summed E-state index contributed by atoms with van der Waals surface area (Å²) >= 11 is 3.66. The Morgan fingerprint density at radius 2 is 2.00 bits per heavy atom. The summed E-state index contributed by atoms with van der Waals surface area (Å²) in [7, 11) is 1.90. The molecule has 4 nitrogen and oxygen atoms in total. The van der Waals surface area contributed by atoms with Crippen molar-refractivity contribution in [3.05, 3.63) is 58.7 Å². The van der Waals surface area contributed by atoms with E-state index in [0.717, 1.165) is 47.1 Å². The van der Waals surface area contributed by atoms with Gasteiger partial charge in [-0.05, 0) is 75.3 Å². The fraction of sp³-hybridized carbons (Fsp3) is 0.571. The first-order valence-corrected chi connectivity index (χ1v) is 14.9. The summed E-state index contributed by atoms with van der Waals surface area (Å²) < 4.78 is 16.5. The van der Waals surface area contributed by atoms with Crippen LogP contribution in [0.3, 0.4) is 0 Å². The molecule has 3 heterocycles. The number of nitrogens with one attached hydrogen (secondary N) is 1. The molecule has 2 aromatic rings. The Balaban J connectivity index is 0.00000137. The van der Waals surface area contributed by atoms with Crippen molar-refractivity contribution in [3.63, 3.8) is 0 Å². The number of likely N-dealkylation sites (N-methyl/N-ethyl adjacent to an activating group) is 1. The minimum absolute atomic E-state index is 0.183. The number of hydrogen-bond donors (Lipinski definition) is 1. The zero-order chi connectivity index (χ0) is 25.8. The minimum atomic E-state index is -0.331. The van der Waals surface area contributed by atoms with E-state index in [9.17, 15) is 4.39 Å². The van der Waals surface area contributed by atoms with Crippen molar-refractivity contribution in [2.45, 2.75) is 79.3 Å². The zero-order valence-electron chi connectivity index (χ0n) is 22.4. The lowest BCUT2D eigenvalue weighted by Crippen LogP contribution is -2.20. The third kappa shape index (κ3) is 8.43. The van der Waals surface area contributed by atoms with Crippen molar-refractivity contribution < 1.29 is 4.39 Å². The second-order valence-electron chi connectivity index (χ2n) is 9.11. The van der Waals surface area contributed by atoms with Crippen LogP contribution in [0.2, 0.25) is 0 Å². The van der Waals surface area contributed by atoms with Gasteiger partial charge in [0.15, 0.2) is 10.8 Å². The number of rotatable bonds is 10. The highest BCUT2D eigenvalue weighted by Crippen LogP contribution is 2.33. The topological polar surface area (TPSA) is 42.7 Å². The highest BCUT2D eigenvalue weighted by molar-refractivity contribution is 7.99. The van der Waals surface area contributed by atoms with Crippen molar-refractivity contribution >= 4 is 23.1 Å². The Bertz CT molecular complexity index is 983. The number of hydrogen-bond acceptors (Lipinski definition) is 5. The van der Waals surface area contributed by atoms with Gasteiger partial charge < -0.3 is 9.88 Å². The molecular formula is C28H43FN4S2. The molecular weight excluding hydrogens is 475 g/mol. The molecule has 0 spiro atoms. The van der Waals surface area contributed by atoms with Crippen molar-refractivity contribution in [1.29, 1.82) is 0 Å². The molecule has 3 rings (SSSR count). The van der Waals surface area contributed by atoms with E-state index in [-0.39, 0.29) is 11.9 Å². The molecule has 35 heavy (non-hydrogen) atoms. The molecule has 1 aliphatic rings. The van der Waals surface area contributed by atoms with E-state index >= 15 is 0 Å². The van der Waals surface area contributed by atoms with Gasteiger partial charge in [0, 0.05) is 23.8 Å². The second-order valence-corrected chi connectivity index (χ2v) is 11.2. The van der Waals surface area contributed by atoms with Crippen molar-refractivity contribution in [2.24, 2.45) is 5.92 Å². The van der Waals surface area contributed by atoms with Gasteiger partial charge in [-0.3, -0.25) is 0 Å². The van der Waals surface area contributed by atoms with Crippen LogP contribution in [0.15, 0.2) is 47.3 Å². The molecule has 0 amide bonds. The molecule has 0 bridgehead atoms. The average Bonchev–Trinajstić information content (AvgIpc) is 3.47. The molecule has 0 aromatic carbocycles. The largest absolute Gasteiger partial charge is 0.326 e. The number of imidazole rings is 1. The zero-order valence-corrected chi connectivity index (χ0v) is 24.0. The lowest BCUT2D eigenvalue weighted by molar-refractivity contribution is 0.415. The minimum Gasteiger partial charge on any atom is -0.326 e. The summed E-state index contributed by atoms with van der Waals surface area (Å²) in [6, 6.07) is -0.183. The first-order chi connectivity index (χ1) is 16.9. The van der Waals surface area contributed by atoms with Crippen LogP contribution in [0, 0.1) is 12.8 Å². The quantitative estimate of drug-likeness (QED) is 0.321. The summed E-state index contributed by atoms with van der Waals surface area (Å²) in [6.07, 6.45) is 10.5. The van der Waals surface area contributed by atoms with Crippen LogP contribution >= 0.6 is 23.1 Å². The number of aromatic nitrogens is 3. The van der Waals surface area contributed by atoms with Gasteiger partial charge in [0.05, 0.1) is 11.7 Å². The summed E-state index contributed by atoms with van der Waals surface area (Å²) in [4.78, 5) is 9.68. The van der Waals surface area contributed by atoms with Gasteiger partial charge in [-0.2, -0.15) is 11.8 Å². The van der Waals surface area contributed by atoms with Gasteiger partial charge in [0.2, 0.25) is 0 Å².